The van der Waals surface area contributed by atoms with Crippen LogP contribution in [0.25, 0.3) is 11.3 Å². The van der Waals surface area contributed by atoms with Crippen molar-refractivity contribution in [3.63, 3.8) is 0 Å². The van der Waals surface area contributed by atoms with E-state index in [9.17, 15) is 14.4 Å². The fourth-order valence-electron chi connectivity index (χ4n) is 5.54. The third-order valence-corrected chi connectivity index (χ3v) is 7.21. The van der Waals surface area contributed by atoms with Crippen LogP contribution in [0.1, 0.15) is 41.4 Å². The molecule has 2 aromatic heterocycles. The van der Waals surface area contributed by atoms with Crippen molar-refractivity contribution >= 4 is 23.1 Å². The van der Waals surface area contributed by atoms with E-state index < -0.39 is 5.82 Å². The number of aromatic nitrogens is 2. The third kappa shape index (κ3) is 3.84. The summed E-state index contributed by atoms with van der Waals surface area (Å²) in [5.74, 6) is 0.334. The summed E-state index contributed by atoms with van der Waals surface area (Å²) >= 11 is 0. The van der Waals surface area contributed by atoms with Crippen LogP contribution in [0.15, 0.2) is 42.6 Å². The van der Waals surface area contributed by atoms with E-state index in [2.05, 4.69) is 32.4 Å². The molecule has 0 bridgehead atoms. The van der Waals surface area contributed by atoms with Crippen molar-refractivity contribution in [2.75, 3.05) is 29.9 Å². The minimum atomic E-state index is -0.545. The molecule has 0 aliphatic carbocycles. The predicted octanol–water partition coefficient (Wildman–Crippen LogP) is 4.15. The van der Waals surface area contributed by atoms with Crippen LogP contribution in [-0.2, 0) is 11.3 Å². The number of nitrogens with zero attached hydrogens (tertiary/aromatic N) is 4. The van der Waals surface area contributed by atoms with E-state index in [0.29, 0.717) is 28.7 Å². The summed E-state index contributed by atoms with van der Waals surface area (Å²) in [5.41, 5.74) is 2.90. The smallest absolute Gasteiger partial charge is 0.255 e. The summed E-state index contributed by atoms with van der Waals surface area (Å²) in [4.78, 5) is 23.9. The molecule has 9 heteroatoms. The van der Waals surface area contributed by atoms with Crippen molar-refractivity contribution in [1.29, 1.82) is 5.26 Å². The fraction of sp³-hybridized carbons (Fsp3) is 0.333. The highest BCUT2D eigenvalue weighted by Gasteiger charge is 2.44. The van der Waals surface area contributed by atoms with Crippen LogP contribution < -0.4 is 15.5 Å². The van der Waals surface area contributed by atoms with Crippen molar-refractivity contribution in [2.24, 2.45) is 5.92 Å². The SMILES string of the molecule is CC1CO[C@@]2(CCN(c3ccc(Nc4cc(-c5c(F)cccc5C#N)nc5c4C(=O)NC5)nc3)C2)C1. The number of anilines is 3. The normalized spacial score (nSPS) is 22.5. The van der Waals surface area contributed by atoms with Crippen LogP contribution in [0.5, 0.6) is 0 Å². The molecule has 2 fully saturated rings. The number of benzene rings is 1. The van der Waals surface area contributed by atoms with Crippen molar-refractivity contribution in [3.05, 3.63) is 65.2 Å². The van der Waals surface area contributed by atoms with Gasteiger partial charge in [-0.3, -0.25) is 4.79 Å². The van der Waals surface area contributed by atoms with Gasteiger partial charge in [0.15, 0.2) is 0 Å². The highest BCUT2D eigenvalue weighted by molar-refractivity contribution is 6.04. The molecular formula is C27H25FN6O2. The van der Waals surface area contributed by atoms with E-state index in [4.69, 9.17) is 4.74 Å². The number of carbonyl (C=O) groups is 1. The van der Waals surface area contributed by atoms with Crippen molar-refractivity contribution in [2.45, 2.75) is 31.9 Å². The average molecular weight is 485 g/mol. The number of halogens is 1. The zero-order valence-corrected chi connectivity index (χ0v) is 19.8. The van der Waals surface area contributed by atoms with Crippen molar-refractivity contribution in [1.82, 2.24) is 15.3 Å². The molecule has 1 amide bonds. The number of hydrogen-bond donors (Lipinski definition) is 2. The lowest BCUT2D eigenvalue weighted by atomic mass is 9.94. The number of amides is 1. The molecule has 1 spiro atoms. The van der Waals surface area contributed by atoms with Gasteiger partial charge in [0.05, 0.1) is 70.5 Å². The van der Waals surface area contributed by atoms with Crippen LogP contribution in [0, 0.1) is 23.1 Å². The standard InChI is InChI=1S/C27H25FN6O2/c1-16-10-27(36-14-16)7-8-34(15-27)18-5-6-23(30-12-18)33-21-9-20(32-22-13-31-26(35)25(21)22)24-17(11-29)3-2-4-19(24)28/h2-6,9,12,16H,7-8,10,13-15H2,1H3,(H,31,35)(H,30,32,33)/t16?,27-/m0/s1. The van der Waals surface area contributed by atoms with Gasteiger partial charge >= 0.3 is 0 Å². The summed E-state index contributed by atoms with van der Waals surface area (Å²) in [5, 5.41) is 15.5. The Labute approximate surface area is 208 Å². The topological polar surface area (TPSA) is 103 Å². The Morgan fingerprint density at radius 2 is 2.19 bits per heavy atom. The van der Waals surface area contributed by atoms with Gasteiger partial charge in [-0.2, -0.15) is 5.26 Å². The van der Waals surface area contributed by atoms with Gasteiger partial charge in [-0.05, 0) is 49.1 Å². The lowest BCUT2D eigenvalue weighted by Gasteiger charge is -2.24. The first-order valence-electron chi connectivity index (χ1n) is 12.1. The maximum absolute atomic E-state index is 14.7. The summed E-state index contributed by atoms with van der Waals surface area (Å²) in [7, 11) is 0. The molecule has 3 aromatic rings. The van der Waals surface area contributed by atoms with E-state index in [1.165, 1.54) is 12.1 Å². The Morgan fingerprint density at radius 3 is 2.94 bits per heavy atom. The largest absolute Gasteiger partial charge is 0.373 e. The maximum Gasteiger partial charge on any atom is 0.255 e. The molecular weight excluding hydrogens is 459 g/mol. The molecule has 0 radical (unpaired) electrons. The second-order valence-corrected chi connectivity index (χ2v) is 9.84. The molecule has 1 aromatic carbocycles. The first-order chi connectivity index (χ1) is 17.4. The zero-order chi connectivity index (χ0) is 24.9. The lowest BCUT2D eigenvalue weighted by Crippen LogP contribution is -2.32. The predicted molar refractivity (Wildman–Crippen MR) is 132 cm³/mol. The number of nitrogens with one attached hydrogen (secondary N) is 2. The number of rotatable bonds is 4. The molecule has 2 N–H and O–H groups in total. The first kappa shape index (κ1) is 22.4. The molecule has 0 saturated carbocycles. The third-order valence-electron chi connectivity index (χ3n) is 7.21. The van der Waals surface area contributed by atoms with Crippen LogP contribution in [0.3, 0.4) is 0 Å². The van der Waals surface area contributed by atoms with Gasteiger partial charge in [-0.15, -0.1) is 0 Å². The van der Waals surface area contributed by atoms with Gasteiger partial charge in [0.2, 0.25) is 0 Å². The van der Waals surface area contributed by atoms with E-state index in [-0.39, 0.29) is 34.9 Å². The van der Waals surface area contributed by atoms with E-state index in [0.717, 1.165) is 38.2 Å². The van der Waals surface area contributed by atoms with Crippen LogP contribution in [-0.4, -0.2) is 41.2 Å². The molecule has 2 atom stereocenters. The molecule has 3 aliphatic heterocycles. The highest BCUT2D eigenvalue weighted by Crippen LogP contribution is 2.39. The molecule has 2 saturated heterocycles. The Bertz CT molecular complexity index is 1400. The minimum absolute atomic E-state index is 0.0489. The maximum atomic E-state index is 14.7. The summed E-state index contributed by atoms with van der Waals surface area (Å²) in [6, 6.07) is 11.8. The van der Waals surface area contributed by atoms with Gasteiger partial charge in [0, 0.05) is 13.1 Å². The number of hydrogen-bond acceptors (Lipinski definition) is 7. The lowest BCUT2D eigenvalue weighted by molar-refractivity contribution is 0.0220. The Kier molecular flexibility index (Phi) is 5.34. The van der Waals surface area contributed by atoms with Crippen LogP contribution in [0.2, 0.25) is 0 Å². The summed E-state index contributed by atoms with van der Waals surface area (Å²) in [6.07, 6.45) is 3.91. The zero-order valence-electron chi connectivity index (χ0n) is 19.8. The van der Waals surface area contributed by atoms with Crippen molar-refractivity contribution < 1.29 is 13.9 Å². The Morgan fingerprint density at radius 1 is 1.31 bits per heavy atom. The summed E-state index contributed by atoms with van der Waals surface area (Å²) < 4.78 is 20.8. The number of carbonyl (C=O) groups excluding carboxylic acids is 1. The summed E-state index contributed by atoms with van der Waals surface area (Å²) in [6.45, 7) is 5.07. The van der Waals surface area contributed by atoms with Crippen molar-refractivity contribution in [3.8, 4) is 17.3 Å². The molecule has 1 unspecified atom stereocenters. The van der Waals surface area contributed by atoms with E-state index >= 15 is 0 Å². The van der Waals surface area contributed by atoms with Gasteiger partial charge in [0.1, 0.15) is 11.6 Å². The molecule has 8 nitrogen and oxygen atoms in total. The second-order valence-electron chi connectivity index (χ2n) is 9.84. The van der Waals surface area contributed by atoms with E-state index in [1.807, 2.05) is 24.4 Å². The fourth-order valence-corrected chi connectivity index (χ4v) is 5.54. The molecule has 36 heavy (non-hydrogen) atoms. The quantitative estimate of drug-likeness (QED) is 0.574. The van der Waals surface area contributed by atoms with Crippen LogP contribution >= 0.6 is 0 Å². The van der Waals surface area contributed by atoms with Gasteiger partial charge in [-0.1, -0.05) is 13.0 Å². The number of pyridine rings is 2. The van der Waals surface area contributed by atoms with Crippen LogP contribution in [0.4, 0.5) is 21.6 Å². The average Bonchev–Trinajstić information content (AvgIpc) is 3.58. The minimum Gasteiger partial charge on any atom is -0.373 e. The second kappa shape index (κ2) is 8.57. The van der Waals surface area contributed by atoms with Gasteiger partial charge < -0.3 is 20.3 Å². The molecule has 5 heterocycles. The number of fused-ring (bicyclic) bond motifs is 1. The molecule has 3 aliphatic rings. The molecule has 6 rings (SSSR count). The Hall–Kier alpha value is -4.03. The first-order valence-corrected chi connectivity index (χ1v) is 12.1. The molecule has 182 valence electrons. The van der Waals surface area contributed by atoms with E-state index in [1.54, 1.807) is 12.1 Å². The Balaban J connectivity index is 1.29. The number of ether oxygens (including phenoxy) is 1. The monoisotopic (exact) mass is 484 g/mol. The van der Waals surface area contributed by atoms with Gasteiger partial charge in [-0.25, -0.2) is 14.4 Å². The van der Waals surface area contributed by atoms with Gasteiger partial charge in [0.25, 0.3) is 5.91 Å². The number of nitriles is 1. The highest BCUT2D eigenvalue weighted by atomic mass is 19.1.